The number of aromatic nitrogens is 1. The number of thiazole rings is 1. The number of carbonyl (C=O) groups excluding carboxylic acids is 1. The Labute approximate surface area is 126 Å². The van der Waals surface area contributed by atoms with Gasteiger partial charge in [0.2, 0.25) is 0 Å². The first kappa shape index (κ1) is 15.7. The molecule has 0 radical (unpaired) electrons. The summed E-state index contributed by atoms with van der Waals surface area (Å²) < 4.78 is 5.24. The summed E-state index contributed by atoms with van der Waals surface area (Å²) in [6.07, 6.45) is 2.01. The number of carboxylic acids is 1. The minimum absolute atomic E-state index is 0.0693. The van der Waals surface area contributed by atoms with Crippen molar-refractivity contribution in [2.75, 3.05) is 26.2 Å². The standard InChI is InChI=1S/C13H19N3O4S/c17-12(18)7-20-11-2-5-16(6-3-11)13(19)14-4-1-10-8-21-9-15-10/h8-9,11H,1-7H2,(H,14,19)(H,17,18). The van der Waals surface area contributed by atoms with Crippen molar-refractivity contribution >= 4 is 23.3 Å². The maximum Gasteiger partial charge on any atom is 0.329 e. The molecule has 1 fully saturated rings. The number of hydrogen-bond donors (Lipinski definition) is 2. The van der Waals surface area contributed by atoms with Gasteiger partial charge in [-0.2, -0.15) is 0 Å². The van der Waals surface area contributed by atoms with Crippen LogP contribution in [0, 0.1) is 0 Å². The van der Waals surface area contributed by atoms with Crippen molar-refractivity contribution < 1.29 is 19.4 Å². The van der Waals surface area contributed by atoms with E-state index < -0.39 is 5.97 Å². The Hall–Kier alpha value is -1.67. The van der Waals surface area contributed by atoms with Gasteiger partial charge in [-0.1, -0.05) is 0 Å². The second-order valence-corrected chi connectivity index (χ2v) is 5.57. The van der Waals surface area contributed by atoms with Crippen LogP contribution in [-0.4, -0.2) is 59.3 Å². The van der Waals surface area contributed by atoms with E-state index in [1.165, 1.54) is 0 Å². The number of ether oxygens (including phenoxy) is 1. The van der Waals surface area contributed by atoms with Gasteiger partial charge in [-0.3, -0.25) is 0 Å². The molecule has 8 heteroatoms. The van der Waals surface area contributed by atoms with Crippen LogP contribution in [0.3, 0.4) is 0 Å². The third kappa shape index (κ3) is 5.31. The predicted octanol–water partition coefficient (Wildman–Crippen LogP) is 0.961. The van der Waals surface area contributed by atoms with Crippen LogP contribution < -0.4 is 5.32 Å². The predicted molar refractivity (Wildman–Crippen MR) is 77.4 cm³/mol. The zero-order valence-electron chi connectivity index (χ0n) is 11.7. The van der Waals surface area contributed by atoms with Crippen molar-refractivity contribution in [3.63, 3.8) is 0 Å². The highest BCUT2D eigenvalue weighted by molar-refractivity contribution is 7.07. The number of nitrogens with zero attached hydrogens (tertiary/aromatic N) is 2. The Bertz CT molecular complexity index is 458. The summed E-state index contributed by atoms with van der Waals surface area (Å²) in [5.41, 5.74) is 2.76. The van der Waals surface area contributed by atoms with E-state index in [9.17, 15) is 9.59 Å². The molecule has 0 unspecified atom stereocenters. The molecule has 0 aliphatic carbocycles. The molecule has 1 saturated heterocycles. The van der Waals surface area contributed by atoms with E-state index in [1.54, 1.807) is 21.7 Å². The molecule has 21 heavy (non-hydrogen) atoms. The number of carboxylic acid groups (broad SMARTS) is 1. The van der Waals surface area contributed by atoms with Crippen LogP contribution in [0.4, 0.5) is 4.79 Å². The van der Waals surface area contributed by atoms with E-state index >= 15 is 0 Å². The van der Waals surface area contributed by atoms with Gasteiger partial charge < -0.3 is 20.1 Å². The van der Waals surface area contributed by atoms with Crippen molar-refractivity contribution in [2.45, 2.75) is 25.4 Å². The molecule has 2 rings (SSSR count). The lowest BCUT2D eigenvalue weighted by atomic mass is 10.1. The maximum atomic E-state index is 12.0. The second kappa shape index (κ2) is 7.94. The molecule has 2 N–H and O–H groups in total. The quantitative estimate of drug-likeness (QED) is 0.816. The SMILES string of the molecule is O=C(O)COC1CCN(C(=O)NCCc2cscn2)CC1. The van der Waals surface area contributed by atoms with Crippen molar-refractivity contribution in [1.82, 2.24) is 15.2 Å². The molecule has 0 bridgehead atoms. The Morgan fingerprint density at radius 1 is 1.48 bits per heavy atom. The summed E-state index contributed by atoms with van der Waals surface area (Å²) in [6, 6.07) is -0.0816. The third-order valence-corrected chi connectivity index (χ3v) is 3.95. The number of carbonyl (C=O) groups is 2. The lowest BCUT2D eigenvalue weighted by Crippen LogP contribution is -2.46. The third-order valence-electron chi connectivity index (χ3n) is 3.31. The number of rotatable bonds is 6. The molecule has 2 amide bonds. The van der Waals surface area contributed by atoms with Crippen LogP contribution in [-0.2, 0) is 16.0 Å². The molecule has 0 saturated carbocycles. The summed E-state index contributed by atoms with van der Waals surface area (Å²) in [5.74, 6) is -0.961. The first-order valence-corrected chi connectivity index (χ1v) is 7.82. The number of aliphatic carboxylic acids is 1. The van der Waals surface area contributed by atoms with Crippen LogP contribution in [0.2, 0.25) is 0 Å². The number of hydrogen-bond acceptors (Lipinski definition) is 5. The van der Waals surface area contributed by atoms with Crippen LogP contribution in [0.1, 0.15) is 18.5 Å². The summed E-state index contributed by atoms with van der Waals surface area (Å²) in [6.45, 7) is 1.47. The Morgan fingerprint density at radius 2 is 2.24 bits per heavy atom. The highest BCUT2D eigenvalue weighted by Gasteiger charge is 2.23. The average molecular weight is 313 g/mol. The van der Waals surface area contributed by atoms with Crippen molar-refractivity contribution in [3.05, 3.63) is 16.6 Å². The van der Waals surface area contributed by atoms with E-state index in [4.69, 9.17) is 9.84 Å². The smallest absolute Gasteiger partial charge is 0.329 e. The van der Waals surface area contributed by atoms with Gasteiger partial charge in [-0.05, 0) is 12.8 Å². The molecule has 1 aromatic rings. The topological polar surface area (TPSA) is 91.8 Å². The van der Waals surface area contributed by atoms with Gasteiger partial charge in [-0.15, -0.1) is 11.3 Å². The van der Waals surface area contributed by atoms with Gasteiger partial charge in [-0.25, -0.2) is 14.6 Å². The van der Waals surface area contributed by atoms with E-state index in [2.05, 4.69) is 10.3 Å². The van der Waals surface area contributed by atoms with Crippen LogP contribution in [0.25, 0.3) is 0 Å². The minimum atomic E-state index is -0.961. The van der Waals surface area contributed by atoms with Gasteiger partial charge in [0.15, 0.2) is 0 Å². The Balaban J connectivity index is 1.62. The molecular weight excluding hydrogens is 294 g/mol. The Kier molecular flexibility index (Phi) is 5.94. The minimum Gasteiger partial charge on any atom is -0.480 e. The summed E-state index contributed by atoms with van der Waals surface area (Å²) >= 11 is 1.54. The van der Waals surface area contributed by atoms with E-state index in [1.807, 2.05) is 5.38 Å². The molecule has 7 nitrogen and oxygen atoms in total. The number of likely N-dealkylation sites (tertiary alicyclic amines) is 1. The fourth-order valence-electron chi connectivity index (χ4n) is 2.19. The molecule has 1 aliphatic heterocycles. The van der Waals surface area contributed by atoms with Crippen molar-refractivity contribution in [2.24, 2.45) is 0 Å². The monoisotopic (exact) mass is 313 g/mol. The van der Waals surface area contributed by atoms with Crippen molar-refractivity contribution in [1.29, 1.82) is 0 Å². The summed E-state index contributed by atoms with van der Waals surface area (Å²) in [7, 11) is 0. The van der Waals surface area contributed by atoms with E-state index in [0.717, 1.165) is 12.1 Å². The van der Waals surface area contributed by atoms with Crippen LogP contribution >= 0.6 is 11.3 Å². The normalized spacial score (nSPS) is 15.9. The summed E-state index contributed by atoms with van der Waals surface area (Å²) in [4.78, 5) is 28.3. The van der Waals surface area contributed by atoms with Gasteiger partial charge in [0.25, 0.3) is 0 Å². The first-order valence-electron chi connectivity index (χ1n) is 6.88. The largest absolute Gasteiger partial charge is 0.480 e. The lowest BCUT2D eigenvalue weighted by molar-refractivity contribution is -0.145. The summed E-state index contributed by atoms with van der Waals surface area (Å²) in [5, 5.41) is 13.4. The molecule has 0 aromatic carbocycles. The van der Waals surface area contributed by atoms with E-state index in [-0.39, 0.29) is 18.7 Å². The lowest BCUT2D eigenvalue weighted by Gasteiger charge is -2.31. The Morgan fingerprint density at radius 3 is 2.86 bits per heavy atom. The average Bonchev–Trinajstić information content (AvgIpc) is 2.99. The fraction of sp³-hybridized carbons (Fsp3) is 0.615. The number of urea groups is 1. The fourth-order valence-corrected chi connectivity index (χ4v) is 2.78. The number of amides is 2. The van der Waals surface area contributed by atoms with E-state index in [0.29, 0.717) is 32.5 Å². The molecule has 2 heterocycles. The molecule has 1 aromatic heterocycles. The van der Waals surface area contributed by atoms with Gasteiger partial charge in [0, 0.05) is 31.4 Å². The second-order valence-electron chi connectivity index (χ2n) is 4.85. The van der Waals surface area contributed by atoms with Crippen molar-refractivity contribution in [3.8, 4) is 0 Å². The van der Waals surface area contributed by atoms with Gasteiger partial charge in [0.05, 0.1) is 17.3 Å². The van der Waals surface area contributed by atoms with Crippen LogP contribution in [0.5, 0.6) is 0 Å². The molecule has 0 spiro atoms. The van der Waals surface area contributed by atoms with Gasteiger partial charge in [0.1, 0.15) is 6.61 Å². The number of piperidine rings is 1. The maximum absolute atomic E-state index is 12.0. The zero-order valence-corrected chi connectivity index (χ0v) is 12.5. The molecule has 116 valence electrons. The zero-order chi connectivity index (χ0) is 15.1. The highest BCUT2D eigenvalue weighted by Crippen LogP contribution is 2.13. The number of nitrogens with one attached hydrogen (secondary N) is 1. The first-order chi connectivity index (χ1) is 10.1. The van der Waals surface area contributed by atoms with Gasteiger partial charge >= 0.3 is 12.0 Å². The molecular formula is C13H19N3O4S. The highest BCUT2D eigenvalue weighted by atomic mass is 32.1. The molecule has 0 atom stereocenters. The van der Waals surface area contributed by atoms with Crippen LogP contribution in [0.15, 0.2) is 10.9 Å². The molecule has 1 aliphatic rings.